The Labute approximate surface area is 166 Å². The molecule has 1 aromatic rings. The van der Waals surface area contributed by atoms with Crippen molar-refractivity contribution in [2.45, 2.75) is 52.1 Å². The molecule has 0 amide bonds. The van der Waals surface area contributed by atoms with Gasteiger partial charge >= 0.3 is 5.97 Å². The molecule has 0 aromatic heterocycles. The van der Waals surface area contributed by atoms with Crippen LogP contribution in [0.5, 0.6) is 5.75 Å². The molecule has 1 aromatic carbocycles. The first-order valence-electron chi connectivity index (χ1n) is 9.47. The lowest BCUT2D eigenvalue weighted by molar-refractivity contribution is -0.153. The molecule has 2 rings (SSSR count). The van der Waals surface area contributed by atoms with Gasteiger partial charge in [0.05, 0.1) is 16.7 Å². The highest BCUT2D eigenvalue weighted by Crippen LogP contribution is 2.28. The van der Waals surface area contributed by atoms with Gasteiger partial charge in [-0.05, 0) is 44.5 Å². The van der Waals surface area contributed by atoms with Crippen molar-refractivity contribution in [3.05, 3.63) is 28.2 Å². The van der Waals surface area contributed by atoms with Gasteiger partial charge in [0.25, 0.3) is 0 Å². The van der Waals surface area contributed by atoms with Crippen molar-refractivity contribution in [1.29, 1.82) is 0 Å². The Kier molecular flexibility index (Phi) is 9.03. The first kappa shape index (κ1) is 21.3. The average molecular weight is 402 g/mol. The summed E-state index contributed by atoms with van der Waals surface area (Å²) < 4.78 is 11.4. The number of benzene rings is 1. The van der Waals surface area contributed by atoms with Crippen molar-refractivity contribution in [2.75, 3.05) is 26.2 Å². The maximum atomic E-state index is 11.5. The fourth-order valence-corrected chi connectivity index (χ4v) is 3.68. The molecule has 6 heteroatoms. The zero-order valence-electron chi connectivity index (χ0n) is 15.7. The van der Waals surface area contributed by atoms with E-state index < -0.39 is 0 Å². The van der Waals surface area contributed by atoms with Gasteiger partial charge in [-0.3, -0.25) is 9.69 Å². The van der Waals surface area contributed by atoms with Gasteiger partial charge < -0.3 is 9.47 Å². The van der Waals surface area contributed by atoms with Crippen molar-refractivity contribution < 1.29 is 14.3 Å². The van der Waals surface area contributed by atoms with Crippen LogP contribution in [0.2, 0.25) is 10.0 Å². The van der Waals surface area contributed by atoms with Gasteiger partial charge in [0.2, 0.25) is 0 Å². The lowest BCUT2D eigenvalue weighted by Crippen LogP contribution is -2.46. The summed E-state index contributed by atoms with van der Waals surface area (Å²) in [5, 5.41) is 1.01. The van der Waals surface area contributed by atoms with Crippen molar-refractivity contribution in [3.63, 3.8) is 0 Å². The smallest absolute Gasteiger partial charge is 0.302 e. The molecule has 2 atom stereocenters. The van der Waals surface area contributed by atoms with E-state index in [-0.39, 0.29) is 12.1 Å². The summed E-state index contributed by atoms with van der Waals surface area (Å²) in [7, 11) is 0. The van der Waals surface area contributed by atoms with Crippen molar-refractivity contribution in [1.82, 2.24) is 4.90 Å². The molecular weight excluding hydrogens is 373 g/mol. The third-order valence-electron chi connectivity index (χ3n) is 4.82. The molecule has 1 heterocycles. The van der Waals surface area contributed by atoms with E-state index in [2.05, 4.69) is 11.8 Å². The van der Waals surface area contributed by atoms with Gasteiger partial charge in [-0.2, -0.15) is 0 Å². The number of esters is 1. The number of hydrogen-bond acceptors (Lipinski definition) is 4. The Morgan fingerprint density at radius 1 is 1.27 bits per heavy atom. The standard InChI is InChI=1S/C20H29Cl2NO3/c1-3-4-5-10-23-11-8-16(20(14-23)26-15(2)24)9-12-25-17-6-7-18(21)19(22)13-17/h6-7,13,16,20H,3-5,8-12,14H2,1-2H3/t16-,20+/m0/s1. The van der Waals surface area contributed by atoms with Crippen LogP contribution in [0.25, 0.3) is 0 Å². The van der Waals surface area contributed by atoms with E-state index in [1.165, 1.54) is 26.2 Å². The Hall–Kier alpha value is -0.970. The van der Waals surface area contributed by atoms with E-state index in [0.717, 1.165) is 32.5 Å². The van der Waals surface area contributed by atoms with Crippen LogP contribution in [-0.2, 0) is 9.53 Å². The third-order valence-corrected chi connectivity index (χ3v) is 5.56. The van der Waals surface area contributed by atoms with E-state index in [0.29, 0.717) is 28.3 Å². The largest absolute Gasteiger partial charge is 0.494 e. The summed E-state index contributed by atoms with van der Waals surface area (Å²) in [5.74, 6) is 0.824. The lowest BCUT2D eigenvalue weighted by Gasteiger charge is -2.38. The number of piperidine rings is 1. The van der Waals surface area contributed by atoms with Crippen LogP contribution in [-0.4, -0.2) is 43.2 Å². The Morgan fingerprint density at radius 2 is 2.08 bits per heavy atom. The molecule has 0 aliphatic carbocycles. The maximum absolute atomic E-state index is 11.5. The third kappa shape index (κ3) is 6.98. The highest BCUT2D eigenvalue weighted by Gasteiger charge is 2.31. The number of carbonyl (C=O) groups excluding carboxylic acids is 1. The highest BCUT2D eigenvalue weighted by atomic mass is 35.5. The lowest BCUT2D eigenvalue weighted by atomic mass is 9.90. The van der Waals surface area contributed by atoms with Crippen LogP contribution < -0.4 is 4.74 Å². The van der Waals surface area contributed by atoms with Crippen LogP contribution in [0.3, 0.4) is 0 Å². The summed E-state index contributed by atoms with van der Waals surface area (Å²) in [6.45, 7) is 7.22. The maximum Gasteiger partial charge on any atom is 0.302 e. The predicted molar refractivity (Wildman–Crippen MR) is 106 cm³/mol. The molecule has 1 aliphatic rings. The zero-order valence-corrected chi connectivity index (χ0v) is 17.2. The number of carbonyl (C=O) groups is 1. The first-order valence-corrected chi connectivity index (χ1v) is 10.2. The van der Waals surface area contributed by atoms with E-state index in [1.807, 2.05) is 6.07 Å². The number of unbranched alkanes of at least 4 members (excludes halogenated alkanes) is 2. The normalized spacial score (nSPS) is 20.8. The number of rotatable bonds is 9. The molecule has 0 spiro atoms. The summed E-state index contributed by atoms with van der Waals surface area (Å²) in [6.07, 6.45) is 5.48. The monoisotopic (exact) mass is 401 g/mol. The predicted octanol–water partition coefficient (Wildman–Crippen LogP) is 5.21. The van der Waals surface area contributed by atoms with Gasteiger partial charge in [0.15, 0.2) is 0 Å². The number of nitrogens with zero attached hydrogens (tertiary/aromatic N) is 1. The molecule has 1 aliphatic heterocycles. The molecule has 1 saturated heterocycles. The molecule has 146 valence electrons. The highest BCUT2D eigenvalue weighted by molar-refractivity contribution is 6.42. The summed E-state index contributed by atoms with van der Waals surface area (Å²) in [5.41, 5.74) is 0. The van der Waals surface area contributed by atoms with Gasteiger partial charge in [0.1, 0.15) is 11.9 Å². The quantitative estimate of drug-likeness (QED) is 0.420. The molecular formula is C20H29Cl2NO3. The van der Waals surface area contributed by atoms with Crippen molar-refractivity contribution in [3.8, 4) is 5.75 Å². The van der Waals surface area contributed by atoms with E-state index in [9.17, 15) is 4.79 Å². The second-order valence-electron chi connectivity index (χ2n) is 6.92. The Bertz CT molecular complexity index is 582. The summed E-state index contributed by atoms with van der Waals surface area (Å²) in [6, 6.07) is 5.27. The molecule has 0 unspecified atom stereocenters. The van der Waals surface area contributed by atoms with Gasteiger partial charge in [-0.1, -0.05) is 43.0 Å². The SMILES string of the molecule is CCCCCN1CC[C@@H](CCOc2ccc(Cl)c(Cl)c2)[C@H](OC(C)=O)C1. The van der Waals surface area contributed by atoms with Crippen molar-refractivity contribution >= 4 is 29.2 Å². The Balaban J connectivity index is 1.83. The van der Waals surface area contributed by atoms with Crippen LogP contribution in [0.1, 0.15) is 46.0 Å². The van der Waals surface area contributed by atoms with Gasteiger partial charge in [-0.15, -0.1) is 0 Å². The van der Waals surface area contributed by atoms with Crippen LogP contribution in [0.4, 0.5) is 0 Å². The van der Waals surface area contributed by atoms with Gasteiger partial charge in [0, 0.05) is 25.5 Å². The number of halogens is 2. The minimum Gasteiger partial charge on any atom is -0.494 e. The minimum absolute atomic E-state index is 0.0553. The summed E-state index contributed by atoms with van der Waals surface area (Å²) in [4.78, 5) is 13.9. The topological polar surface area (TPSA) is 38.8 Å². The van der Waals surface area contributed by atoms with Crippen LogP contribution in [0, 0.1) is 5.92 Å². The second kappa shape index (κ2) is 11.0. The molecule has 0 saturated carbocycles. The number of likely N-dealkylation sites (tertiary alicyclic amines) is 1. The first-order chi connectivity index (χ1) is 12.5. The number of hydrogen-bond donors (Lipinski definition) is 0. The second-order valence-corrected chi connectivity index (χ2v) is 7.73. The van der Waals surface area contributed by atoms with E-state index >= 15 is 0 Å². The molecule has 0 N–H and O–H groups in total. The van der Waals surface area contributed by atoms with Crippen LogP contribution >= 0.6 is 23.2 Å². The molecule has 0 radical (unpaired) electrons. The fourth-order valence-electron chi connectivity index (χ4n) is 3.39. The molecule has 0 bridgehead atoms. The molecule has 26 heavy (non-hydrogen) atoms. The molecule has 1 fully saturated rings. The summed E-state index contributed by atoms with van der Waals surface area (Å²) >= 11 is 11.9. The molecule has 4 nitrogen and oxygen atoms in total. The average Bonchev–Trinajstić information content (AvgIpc) is 2.59. The van der Waals surface area contributed by atoms with Crippen LogP contribution in [0.15, 0.2) is 18.2 Å². The zero-order chi connectivity index (χ0) is 18.9. The number of ether oxygens (including phenoxy) is 2. The minimum atomic E-state index is -0.208. The van der Waals surface area contributed by atoms with E-state index in [4.69, 9.17) is 32.7 Å². The Morgan fingerprint density at radius 3 is 2.77 bits per heavy atom. The van der Waals surface area contributed by atoms with E-state index in [1.54, 1.807) is 12.1 Å². The van der Waals surface area contributed by atoms with Crippen molar-refractivity contribution in [2.24, 2.45) is 5.92 Å². The fraction of sp³-hybridized carbons (Fsp3) is 0.650. The van der Waals surface area contributed by atoms with Gasteiger partial charge in [-0.25, -0.2) is 0 Å².